The molecule has 12 rings (SSSR count). The van der Waals surface area contributed by atoms with Crippen LogP contribution in [0.4, 0.5) is 27.2 Å². The molecular formula is C48H49ClF4N8O6. The van der Waals surface area contributed by atoms with Gasteiger partial charge in [-0.2, -0.15) is 0 Å². The number of imidazole rings is 2. The molecule has 8 aliphatic rings. The third kappa shape index (κ3) is 6.92. The Morgan fingerprint density at radius 1 is 0.821 bits per heavy atom. The summed E-state index contributed by atoms with van der Waals surface area (Å²) in [7, 11) is 2.62. The maximum atomic E-state index is 14.4. The fourth-order valence-corrected chi connectivity index (χ4v) is 12.9. The number of carbonyl (C=O) groups excluding carboxylic acids is 4. The quantitative estimate of drug-likeness (QED) is 0.127. The number of fused-ring (bicyclic) bond motifs is 4. The Kier molecular flexibility index (Phi) is 9.67. The number of alkyl halides is 4. The number of methoxy groups -OCH3 is 1. The number of hydrogen-bond acceptors (Lipinski definition) is 8. The van der Waals surface area contributed by atoms with Crippen molar-refractivity contribution in [3.63, 3.8) is 0 Å². The summed E-state index contributed by atoms with van der Waals surface area (Å²) >= 11 is 7.07. The zero-order valence-corrected chi connectivity index (χ0v) is 37.4. The van der Waals surface area contributed by atoms with Crippen LogP contribution in [0, 0.1) is 41.4 Å². The number of likely N-dealkylation sites (tertiary alicyclic amines) is 2. The third-order valence-electron chi connectivity index (χ3n) is 16.5. The SMILES string of the molecule is CNC(=O)OC(C(=O)N1[C@@H]2C[C@@H]2C[C@H]1c1ncc(-c2ccc(-c3ccccc3)c(-c3nc([C@@H]4C[C@H]5C[C@H]5N4C(=O)CN(C(=O)OC)C4CC5C(C4)C5(F)F)[nH]c3Cl)c2)[nH]1)C1CC2C(C1)C2(F)F. The monoisotopic (exact) mass is 944 g/mol. The molecule has 0 bridgehead atoms. The van der Waals surface area contributed by atoms with Crippen molar-refractivity contribution >= 4 is 35.6 Å². The molecule has 2 saturated heterocycles. The Morgan fingerprint density at radius 3 is 2.12 bits per heavy atom. The van der Waals surface area contributed by atoms with E-state index in [-0.39, 0.29) is 73.1 Å². The molecule has 11 atom stereocenters. The van der Waals surface area contributed by atoms with Crippen molar-refractivity contribution in [2.75, 3.05) is 20.7 Å². The van der Waals surface area contributed by atoms with Crippen LogP contribution in [0.3, 0.4) is 0 Å². The zero-order valence-electron chi connectivity index (χ0n) is 36.6. The van der Waals surface area contributed by atoms with E-state index in [1.54, 1.807) is 16.0 Å². The average Bonchev–Trinajstić information content (AvgIpc) is 4.03. The minimum atomic E-state index is -2.73. The van der Waals surface area contributed by atoms with E-state index < -0.39 is 77.9 Å². The maximum Gasteiger partial charge on any atom is 0.410 e. The Labute approximate surface area is 387 Å². The Bertz CT molecular complexity index is 2670. The predicted molar refractivity (Wildman–Crippen MR) is 232 cm³/mol. The van der Waals surface area contributed by atoms with Crippen molar-refractivity contribution in [2.24, 2.45) is 41.4 Å². The molecule has 2 aliphatic heterocycles. The van der Waals surface area contributed by atoms with Crippen LogP contribution in [0.2, 0.25) is 5.15 Å². The van der Waals surface area contributed by atoms with Crippen molar-refractivity contribution < 1.29 is 46.2 Å². The summed E-state index contributed by atoms with van der Waals surface area (Å²) in [6, 6.07) is 14.1. The van der Waals surface area contributed by atoms with E-state index in [9.17, 15) is 36.7 Å². The minimum Gasteiger partial charge on any atom is -0.453 e. The summed E-state index contributed by atoms with van der Waals surface area (Å²) in [5.74, 6) is -8.27. The van der Waals surface area contributed by atoms with Crippen molar-refractivity contribution in [2.45, 2.75) is 99.5 Å². The highest BCUT2D eigenvalue weighted by atomic mass is 35.5. The van der Waals surface area contributed by atoms with E-state index in [0.717, 1.165) is 29.5 Å². The lowest BCUT2D eigenvalue weighted by Crippen LogP contribution is -2.48. The van der Waals surface area contributed by atoms with Crippen LogP contribution in [-0.4, -0.2) is 115 Å². The van der Waals surface area contributed by atoms with E-state index in [1.807, 2.05) is 48.5 Å². The van der Waals surface area contributed by atoms with Gasteiger partial charge in [0.05, 0.1) is 31.1 Å². The number of nitrogens with one attached hydrogen (secondary N) is 3. The molecule has 8 fully saturated rings. The lowest BCUT2D eigenvalue weighted by molar-refractivity contribution is -0.146. The van der Waals surface area contributed by atoms with Gasteiger partial charge in [-0.1, -0.05) is 54.1 Å². The van der Waals surface area contributed by atoms with Crippen LogP contribution >= 0.6 is 11.6 Å². The fourth-order valence-electron chi connectivity index (χ4n) is 12.7. The summed E-state index contributed by atoms with van der Waals surface area (Å²) < 4.78 is 67.4. The van der Waals surface area contributed by atoms with Gasteiger partial charge in [-0.15, -0.1) is 0 Å². The number of aromatic nitrogens is 4. The molecule has 0 spiro atoms. The number of benzene rings is 2. The fraction of sp³-hybridized carbons (Fsp3) is 0.542. The second kappa shape index (κ2) is 15.2. The molecule has 3 N–H and O–H groups in total. The van der Waals surface area contributed by atoms with Gasteiger partial charge in [-0.3, -0.25) is 14.5 Å². The van der Waals surface area contributed by atoms with Crippen LogP contribution in [-0.2, 0) is 19.1 Å². The number of H-pyrrole nitrogens is 2. The third-order valence-corrected chi connectivity index (χ3v) is 16.8. The van der Waals surface area contributed by atoms with Crippen LogP contribution in [0.25, 0.3) is 33.6 Å². The number of amides is 4. The van der Waals surface area contributed by atoms with Crippen molar-refractivity contribution in [1.29, 1.82) is 0 Å². The van der Waals surface area contributed by atoms with E-state index >= 15 is 0 Å². The Morgan fingerprint density at radius 2 is 1.46 bits per heavy atom. The molecule has 4 amide bonds. The van der Waals surface area contributed by atoms with Gasteiger partial charge in [-0.25, -0.2) is 37.1 Å². The number of alkyl carbamates (subject to hydrolysis) is 1. The van der Waals surface area contributed by atoms with Crippen molar-refractivity contribution in [3.05, 3.63) is 71.5 Å². The zero-order chi connectivity index (χ0) is 46.4. The van der Waals surface area contributed by atoms with Gasteiger partial charge in [-0.05, 0) is 80.4 Å². The maximum absolute atomic E-state index is 14.4. The molecule has 0 radical (unpaired) electrons. The van der Waals surface area contributed by atoms with E-state index in [1.165, 1.54) is 19.1 Å². The molecular weight excluding hydrogens is 896 g/mol. The number of piperidine rings is 2. The predicted octanol–water partition coefficient (Wildman–Crippen LogP) is 8.24. The number of nitrogens with zero attached hydrogens (tertiary/aromatic N) is 5. The number of hydrogen-bond donors (Lipinski definition) is 3. The highest BCUT2D eigenvalue weighted by Crippen LogP contribution is 2.67. The van der Waals surface area contributed by atoms with Crippen LogP contribution in [0.15, 0.2) is 54.7 Å². The van der Waals surface area contributed by atoms with Gasteiger partial charge in [0, 0.05) is 65.9 Å². The summed E-state index contributed by atoms with van der Waals surface area (Å²) in [4.78, 5) is 75.6. The Hall–Kier alpha value is -5.65. The summed E-state index contributed by atoms with van der Waals surface area (Å²) in [6.45, 7) is -0.295. The highest BCUT2D eigenvalue weighted by Gasteiger charge is 2.74. The number of rotatable bonds is 11. The van der Waals surface area contributed by atoms with Gasteiger partial charge in [0.2, 0.25) is 5.91 Å². The van der Waals surface area contributed by atoms with Crippen molar-refractivity contribution in [1.82, 2.24) is 40.0 Å². The largest absolute Gasteiger partial charge is 0.453 e. The number of halogens is 5. The first kappa shape index (κ1) is 42.7. The van der Waals surface area contributed by atoms with E-state index in [0.29, 0.717) is 41.4 Å². The van der Waals surface area contributed by atoms with Crippen LogP contribution in [0.1, 0.15) is 75.1 Å². The van der Waals surface area contributed by atoms with Gasteiger partial charge in [0.1, 0.15) is 29.0 Å². The van der Waals surface area contributed by atoms with Gasteiger partial charge in [0.15, 0.2) is 6.10 Å². The van der Waals surface area contributed by atoms with Crippen LogP contribution < -0.4 is 5.32 Å². The summed E-state index contributed by atoms with van der Waals surface area (Å²) in [5, 5.41) is 2.67. The molecule has 2 aromatic carbocycles. The lowest BCUT2D eigenvalue weighted by Gasteiger charge is -2.32. The molecule has 67 heavy (non-hydrogen) atoms. The first-order chi connectivity index (χ1) is 32.2. The summed E-state index contributed by atoms with van der Waals surface area (Å²) in [5.41, 5.74) is 4.34. The second-order valence-corrected chi connectivity index (χ2v) is 20.5. The molecule has 19 heteroatoms. The standard InChI is InChI=1S/C48H49ClF4N8O6/c1-54-45(64)67-40(25-11-29-30(12-25)47(29,50)51)44(63)61-35-14-24(35)15-36(61)42-55-19-33(56-42)22-8-9-27(21-6-4-3-5-7-21)28(10-22)39-41(49)58-43(57-39)37-16-23-13-34(23)60(37)38(62)20-59(46(65)66-2)26-17-31-32(18-26)48(31,52)53/h3-10,19,23-26,29-32,34-37,40H,11-18,20H2,1-2H3,(H,54,64)(H,55,56)(H,57,58)/t23-,24-,25?,26?,29?,30?,31?,32?,34-,35-,36+,37+,40?/m1/s1. The summed E-state index contributed by atoms with van der Waals surface area (Å²) in [6.07, 6.45) is 2.41. The smallest absolute Gasteiger partial charge is 0.410 e. The first-order valence-electron chi connectivity index (χ1n) is 23.3. The highest BCUT2D eigenvalue weighted by molar-refractivity contribution is 6.32. The number of carbonyl (C=O) groups is 4. The number of ether oxygens (including phenoxy) is 2. The van der Waals surface area contributed by atoms with Crippen LogP contribution in [0.5, 0.6) is 0 Å². The number of aromatic amines is 2. The minimum absolute atomic E-state index is 0.0454. The molecule has 6 aliphatic carbocycles. The molecule has 2 aromatic heterocycles. The molecule has 6 saturated carbocycles. The molecule has 5 unspecified atom stereocenters. The first-order valence-corrected chi connectivity index (χ1v) is 23.7. The van der Waals surface area contributed by atoms with E-state index in [4.69, 9.17) is 31.0 Å². The topological polar surface area (TPSA) is 166 Å². The van der Waals surface area contributed by atoms with E-state index in [2.05, 4.69) is 15.3 Å². The molecule has 4 aromatic rings. The molecule has 4 heterocycles. The molecule has 14 nitrogen and oxygen atoms in total. The molecule has 352 valence electrons. The van der Waals surface area contributed by atoms with Gasteiger partial charge in [0.25, 0.3) is 17.8 Å². The normalized spacial score (nSPS) is 33.2. The lowest BCUT2D eigenvalue weighted by atomic mass is 9.94. The second-order valence-electron chi connectivity index (χ2n) is 20.1. The van der Waals surface area contributed by atoms with Crippen molar-refractivity contribution in [3.8, 4) is 33.6 Å². The van der Waals surface area contributed by atoms with Gasteiger partial charge >= 0.3 is 12.2 Å². The Balaban J connectivity index is 0.819. The average molecular weight is 945 g/mol. The van der Waals surface area contributed by atoms with Gasteiger partial charge < -0.3 is 34.6 Å².